The molecule has 0 saturated heterocycles. The number of hydrogen-bond donors (Lipinski definition) is 0. The quantitative estimate of drug-likeness (QED) is 0.746. The Labute approximate surface area is 85.8 Å². The van der Waals surface area contributed by atoms with Gasteiger partial charge in [-0.25, -0.2) is 0 Å². The lowest BCUT2D eigenvalue weighted by Crippen LogP contribution is -1.99. The Morgan fingerprint density at radius 2 is 2.25 bits per heavy atom. The van der Waals surface area contributed by atoms with E-state index in [4.69, 9.17) is 16.3 Å². The summed E-state index contributed by atoms with van der Waals surface area (Å²) < 4.78 is 5.44. The highest BCUT2D eigenvalue weighted by Gasteiger charge is 2.03. The minimum atomic E-state index is 0.643. The summed E-state index contributed by atoms with van der Waals surface area (Å²) in [5.41, 5.74) is 1.07. The summed E-state index contributed by atoms with van der Waals surface area (Å²) in [6.45, 7) is 2.63. The molecule has 0 unspecified atom stereocenters. The fraction of sp³-hybridized carbons (Fsp3) is 0.333. The molecule has 0 aromatic heterocycles. The van der Waals surface area contributed by atoms with Crippen molar-refractivity contribution in [1.29, 1.82) is 0 Å². The number of para-hydroxylation sites is 1. The molecule has 0 radical (unpaired) electrons. The maximum atomic E-state index is 5.92. The summed E-state index contributed by atoms with van der Waals surface area (Å²) in [5.74, 6) is 0.790. The molecule has 0 heterocycles. The van der Waals surface area contributed by atoms with Crippen molar-refractivity contribution < 1.29 is 4.74 Å². The van der Waals surface area contributed by atoms with Crippen LogP contribution in [-0.2, 0) is 0 Å². The number of alkyl halides is 1. The van der Waals surface area contributed by atoms with E-state index in [0.717, 1.165) is 16.6 Å². The van der Waals surface area contributed by atoms with Crippen molar-refractivity contribution in [3.63, 3.8) is 0 Å². The second kappa shape index (κ2) is 4.73. The smallest absolute Gasteiger partial charge is 0.140 e. The van der Waals surface area contributed by atoms with Crippen LogP contribution in [0.3, 0.4) is 0 Å². The maximum Gasteiger partial charge on any atom is 0.140 e. The third-order valence-corrected chi connectivity index (χ3v) is 2.11. The molecular formula is C9H10BrClO. The van der Waals surface area contributed by atoms with Gasteiger partial charge in [-0.3, -0.25) is 0 Å². The molecule has 3 heteroatoms. The van der Waals surface area contributed by atoms with E-state index in [1.165, 1.54) is 0 Å². The Morgan fingerprint density at radius 3 is 2.83 bits per heavy atom. The van der Waals surface area contributed by atoms with Crippen molar-refractivity contribution in [2.24, 2.45) is 0 Å². The largest absolute Gasteiger partial charge is 0.491 e. The molecule has 0 atom stereocenters. The zero-order chi connectivity index (χ0) is 8.97. The van der Waals surface area contributed by atoms with E-state index in [-0.39, 0.29) is 0 Å². The van der Waals surface area contributed by atoms with Crippen LogP contribution in [0.4, 0.5) is 0 Å². The third kappa shape index (κ3) is 2.39. The molecule has 0 saturated carbocycles. The molecule has 66 valence electrons. The Hall–Kier alpha value is -0.210. The van der Waals surface area contributed by atoms with Crippen LogP contribution in [0.1, 0.15) is 5.56 Å². The van der Waals surface area contributed by atoms with Gasteiger partial charge in [-0.05, 0) is 18.6 Å². The summed E-state index contributed by atoms with van der Waals surface area (Å²) in [4.78, 5) is 0. The maximum absolute atomic E-state index is 5.92. The van der Waals surface area contributed by atoms with E-state index >= 15 is 0 Å². The molecule has 0 amide bonds. The lowest BCUT2D eigenvalue weighted by atomic mass is 10.2. The molecule has 1 nitrogen and oxygen atoms in total. The van der Waals surface area contributed by atoms with Crippen LogP contribution in [-0.4, -0.2) is 11.9 Å². The molecule has 0 aliphatic heterocycles. The lowest BCUT2D eigenvalue weighted by Gasteiger charge is -2.08. The van der Waals surface area contributed by atoms with Crippen molar-refractivity contribution >= 4 is 27.5 Å². The molecule has 1 aromatic rings. The monoisotopic (exact) mass is 248 g/mol. The van der Waals surface area contributed by atoms with E-state index < -0.39 is 0 Å². The molecule has 0 spiro atoms. The predicted octanol–water partition coefficient (Wildman–Crippen LogP) is 3.42. The average molecular weight is 250 g/mol. The van der Waals surface area contributed by atoms with E-state index in [0.29, 0.717) is 11.6 Å². The van der Waals surface area contributed by atoms with Crippen molar-refractivity contribution in [3.8, 4) is 5.75 Å². The summed E-state index contributed by atoms with van der Waals surface area (Å²) in [6.07, 6.45) is 0. The van der Waals surface area contributed by atoms with Crippen LogP contribution in [0.25, 0.3) is 0 Å². The second-order valence-electron chi connectivity index (χ2n) is 2.42. The minimum Gasteiger partial charge on any atom is -0.491 e. The summed E-state index contributed by atoms with van der Waals surface area (Å²) >= 11 is 9.21. The molecule has 0 aliphatic rings. The van der Waals surface area contributed by atoms with Gasteiger partial charge in [-0.1, -0.05) is 39.7 Å². The van der Waals surface area contributed by atoms with Crippen molar-refractivity contribution in [1.82, 2.24) is 0 Å². The molecular weight excluding hydrogens is 239 g/mol. The van der Waals surface area contributed by atoms with Crippen LogP contribution in [0.2, 0.25) is 5.02 Å². The minimum absolute atomic E-state index is 0.643. The number of ether oxygens (including phenoxy) is 1. The molecule has 1 aromatic carbocycles. The van der Waals surface area contributed by atoms with Gasteiger partial charge in [0.25, 0.3) is 0 Å². The molecule has 0 aliphatic carbocycles. The topological polar surface area (TPSA) is 9.23 Å². The van der Waals surface area contributed by atoms with Gasteiger partial charge in [0, 0.05) is 5.33 Å². The molecule has 12 heavy (non-hydrogen) atoms. The molecule has 0 fully saturated rings. The van der Waals surface area contributed by atoms with Gasteiger partial charge < -0.3 is 4.74 Å². The highest BCUT2D eigenvalue weighted by Crippen LogP contribution is 2.27. The number of halogens is 2. The first-order valence-corrected chi connectivity index (χ1v) is 5.19. The van der Waals surface area contributed by atoms with Crippen LogP contribution >= 0.6 is 27.5 Å². The van der Waals surface area contributed by atoms with Crippen LogP contribution in [0.5, 0.6) is 5.75 Å². The average Bonchev–Trinajstić information content (AvgIpc) is 2.04. The predicted molar refractivity (Wildman–Crippen MR) is 55.5 cm³/mol. The highest BCUT2D eigenvalue weighted by molar-refractivity contribution is 9.09. The first-order valence-electron chi connectivity index (χ1n) is 3.69. The van der Waals surface area contributed by atoms with Gasteiger partial charge in [0.15, 0.2) is 0 Å². The van der Waals surface area contributed by atoms with Gasteiger partial charge in [0.05, 0.1) is 11.6 Å². The first kappa shape index (κ1) is 9.87. The second-order valence-corrected chi connectivity index (χ2v) is 3.62. The van der Waals surface area contributed by atoms with Crippen LogP contribution in [0, 0.1) is 6.92 Å². The summed E-state index contributed by atoms with van der Waals surface area (Å²) in [5, 5.41) is 1.49. The summed E-state index contributed by atoms with van der Waals surface area (Å²) in [6, 6.07) is 5.73. The standard InChI is InChI=1S/C9H10BrClO/c1-7-3-2-4-8(11)9(7)12-6-5-10/h2-4H,5-6H2,1H3. The van der Waals surface area contributed by atoms with Crippen LogP contribution < -0.4 is 4.74 Å². The van der Waals surface area contributed by atoms with Gasteiger partial charge in [-0.15, -0.1) is 0 Å². The number of hydrogen-bond acceptors (Lipinski definition) is 1. The van der Waals surface area contributed by atoms with E-state index in [1.54, 1.807) is 0 Å². The van der Waals surface area contributed by atoms with Crippen molar-refractivity contribution in [3.05, 3.63) is 28.8 Å². The Morgan fingerprint density at radius 1 is 1.50 bits per heavy atom. The van der Waals surface area contributed by atoms with Crippen molar-refractivity contribution in [2.45, 2.75) is 6.92 Å². The van der Waals surface area contributed by atoms with E-state index in [1.807, 2.05) is 25.1 Å². The summed E-state index contributed by atoms with van der Waals surface area (Å²) in [7, 11) is 0. The van der Waals surface area contributed by atoms with Gasteiger partial charge in [0.2, 0.25) is 0 Å². The zero-order valence-electron chi connectivity index (χ0n) is 6.81. The number of benzene rings is 1. The van der Waals surface area contributed by atoms with Gasteiger partial charge in [0.1, 0.15) is 5.75 Å². The van der Waals surface area contributed by atoms with E-state index in [9.17, 15) is 0 Å². The fourth-order valence-electron chi connectivity index (χ4n) is 0.940. The normalized spacial score (nSPS) is 9.92. The fourth-order valence-corrected chi connectivity index (χ4v) is 1.38. The lowest BCUT2D eigenvalue weighted by molar-refractivity contribution is 0.343. The molecule has 1 rings (SSSR count). The van der Waals surface area contributed by atoms with Gasteiger partial charge >= 0.3 is 0 Å². The highest BCUT2D eigenvalue weighted by atomic mass is 79.9. The number of aryl methyl sites for hydroxylation is 1. The third-order valence-electron chi connectivity index (χ3n) is 1.49. The Bertz CT molecular complexity index is 242. The van der Waals surface area contributed by atoms with Crippen LogP contribution in [0.15, 0.2) is 18.2 Å². The molecule has 0 N–H and O–H groups in total. The Balaban J connectivity index is 2.81. The molecule has 0 bridgehead atoms. The SMILES string of the molecule is Cc1cccc(Cl)c1OCCBr. The van der Waals surface area contributed by atoms with Gasteiger partial charge in [-0.2, -0.15) is 0 Å². The first-order chi connectivity index (χ1) is 5.75. The number of rotatable bonds is 3. The van der Waals surface area contributed by atoms with Crippen molar-refractivity contribution in [2.75, 3.05) is 11.9 Å². The Kier molecular flexibility index (Phi) is 3.89. The van der Waals surface area contributed by atoms with E-state index in [2.05, 4.69) is 15.9 Å². The zero-order valence-corrected chi connectivity index (χ0v) is 9.15.